The summed E-state index contributed by atoms with van der Waals surface area (Å²) in [6.45, 7) is -0.384. The van der Waals surface area contributed by atoms with Crippen molar-refractivity contribution in [1.82, 2.24) is 0 Å². The Morgan fingerprint density at radius 3 is 2.24 bits per heavy atom. The lowest BCUT2D eigenvalue weighted by Crippen LogP contribution is -2.02. The molecule has 0 saturated carbocycles. The molecule has 0 unspecified atom stereocenters. The first kappa shape index (κ1) is 16.0. The van der Waals surface area contributed by atoms with Crippen molar-refractivity contribution in [3.05, 3.63) is 58.6 Å². The first-order valence-corrected chi connectivity index (χ1v) is 8.27. The van der Waals surface area contributed by atoms with Crippen LogP contribution in [0.25, 0.3) is 0 Å². The Labute approximate surface area is 129 Å². The SMILES string of the molecule is O=S(=O)(Cl)c1ccc(OCc2c(F)cccc2F)c(Cl)c1. The van der Waals surface area contributed by atoms with Gasteiger partial charge < -0.3 is 4.74 Å². The fraction of sp³-hybridized carbons (Fsp3) is 0.0769. The third-order valence-electron chi connectivity index (χ3n) is 2.62. The van der Waals surface area contributed by atoms with E-state index in [-0.39, 0.29) is 27.8 Å². The van der Waals surface area contributed by atoms with Gasteiger partial charge in [0.25, 0.3) is 9.05 Å². The molecule has 0 aliphatic heterocycles. The maximum atomic E-state index is 13.4. The predicted molar refractivity (Wildman–Crippen MR) is 75.2 cm³/mol. The highest BCUT2D eigenvalue weighted by molar-refractivity contribution is 8.13. The molecular formula is C13H8Cl2F2O3S. The summed E-state index contributed by atoms with van der Waals surface area (Å²) in [6, 6.07) is 6.98. The Morgan fingerprint density at radius 1 is 1.10 bits per heavy atom. The zero-order valence-electron chi connectivity index (χ0n) is 10.3. The summed E-state index contributed by atoms with van der Waals surface area (Å²) in [5.41, 5.74) is -0.248. The maximum absolute atomic E-state index is 13.4. The molecule has 3 nitrogen and oxygen atoms in total. The van der Waals surface area contributed by atoms with Crippen molar-refractivity contribution in [3.63, 3.8) is 0 Å². The Bertz CT molecular complexity index is 759. The summed E-state index contributed by atoms with van der Waals surface area (Å²) in [6.07, 6.45) is 0. The van der Waals surface area contributed by atoms with Gasteiger partial charge in [0.1, 0.15) is 24.0 Å². The molecule has 0 aliphatic rings. The average molecular weight is 353 g/mol. The molecule has 0 bridgehead atoms. The molecule has 0 heterocycles. The van der Waals surface area contributed by atoms with Gasteiger partial charge in [0, 0.05) is 10.7 Å². The van der Waals surface area contributed by atoms with Crippen LogP contribution in [-0.2, 0) is 15.7 Å². The van der Waals surface area contributed by atoms with Gasteiger partial charge in [-0.25, -0.2) is 17.2 Å². The van der Waals surface area contributed by atoms with Gasteiger partial charge >= 0.3 is 0 Å². The highest BCUT2D eigenvalue weighted by Crippen LogP contribution is 2.29. The number of halogens is 4. The number of hydrogen-bond acceptors (Lipinski definition) is 3. The van der Waals surface area contributed by atoms with Gasteiger partial charge in [0.15, 0.2) is 0 Å². The van der Waals surface area contributed by atoms with Gasteiger partial charge in [0.2, 0.25) is 0 Å². The summed E-state index contributed by atoms with van der Waals surface area (Å²) in [5.74, 6) is -1.40. The van der Waals surface area contributed by atoms with Gasteiger partial charge in [0.05, 0.1) is 15.5 Å². The molecule has 0 aliphatic carbocycles. The minimum absolute atomic E-state index is 0.0338. The maximum Gasteiger partial charge on any atom is 0.261 e. The van der Waals surface area contributed by atoms with Crippen LogP contribution in [0.2, 0.25) is 5.02 Å². The molecule has 112 valence electrons. The van der Waals surface area contributed by atoms with Gasteiger partial charge in [-0.1, -0.05) is 17.7 Å². The van der Waals surface area contributed by atoms with Gasteiger partial charge in [-0.15, -0.1) is 0 Å². The third kappa shape index (κ3) is 3.84. The van der Waals surface area contributed by atoms with Gasteiger partial charge in [-0.05, 0) is 30.3 Å². The Morgan fingerprint density at radius 2 is 1.71 bits per heavy atom. The van der Waals surface area contributed by atoms with E-state index in [1.807, 2.05) is 0 Å². The number of hydrogen-bond donors (Lipinski definition) is 0. The fourth-order valence-electron chi connectivity index (χ4n) is 1.57. The second kappa shape index (κ2) is 6.17. The van der Waals surface area contributed by atoms with Crippen LogP contribution < -0.4 is 4.74 Å². The van der Waals surface area contributed by atoms with Crippen molar-refractivity contribution in [2.45, 2.75) is 11.5 Å². The minimum Gasteiger partial charge on any atom is -0.487 e. The van der Waals surface area contributed by atoms with Crippen LogP contribution in [0, 0.1) is 11.6 Å². The second-order valence-corrected chi connectivity index (χ2v) is 6.99. The van der Waals surface area contributed by atoms with E-state index >= 15 is 0 Å². The molecule has 0 N–H and O–H groups in total. The van der Waals surface area contributed by atoms with E-state index in [0.717, 1.165) is 18.2 Å². The molecule has 0 aromatic heterocycles. The predicted octanol–water partition coefficient (Wildman–Crippen LogP) is 4.12. The summed E-state index contributed by atoms with van der Waals surface area (Å²) < 4.78 is 54.3. The van der Waals surface area contributed by atoms with Crippen LogP contribution in [0.3, 0.4) is 0 Å². The lowest BCUT2D eigenvalue weighted by Gasteiger charge is -2.10. The summed E-state index contributed by atoms with van der Waals surface area (Å²) in [7, 11) is 1.26. The Hall–Kier alpha value is -1.37. The van der Waals surface area contributed by atoms with Gasteiger partial charge in [-0.3, -0.25) is 0 Å². The van der Waals surface area contributed by atoms with E-state index in [9.17, 15) is 17.2 Å². The molecule has 0 saturated heterocycles. The van der Waals surface area contributed by atoms with Crippen molar-refractivity contribution in [2.24, 2.45) is 0 Å². The van der Waals surface area contributed by atoms with Crippen LogP contribution in [0.5, 0.6) is 5.75 Å². The molecule has 0 radical (unpaired) electrons. The first-order valence-electron chi connectivity index (χ1n) is 5.59. The third-order valence-corrected chi connectivity index (χ3v) is 4.27. The van der Waals surface area contributed by atoms with E-state index in [0.29, 0.717) is 0 Å². The summed E-state index contributed by atoms with van der Waals surface area (Å²) in [4.78, 5) is -0.196. The Kier molecular flexibility index (Phi) is 4.70. The molecular weight excluding hydrogens is 345 g/mol. The van der Waals surface area contributed by atoms with Crippen LogP contribution in [-0.4, -0.2) is 8.42 Å². The number of benzene rings is 2. The van der Waals surface area contributed by atoms with Crippen molar-refractivity contribution in [1.29, 1.82) is 0 Å². The van der Waals surface area contributed by atoms with Crippen molar-refractivity contribution >= 4 is 31.3 Å². The van der Waals surface area contributed by atoms with Gasteiger partial charge in [-0.2, -0.15) is 0 Å². The molecule has 0 atom stereocenters. The van der Waals surface area contributed by atoms with E-state index in [1.54, 1.807) is 0 Å². The van der Waals surface area contributed by atoms with Crippen LogP contribution >= 0.6 is 22.3 Å². The lowest BCUT2D eigenvalue weighted by molar-refractivity contribution is 0.292. The standard InChI is InChI=1S/C13H8Cl2F2O3S/c14-10-6-8(21(15,18)19)4-5-13(10)20-7-9-11(16)2-1-3-12(9)17/h1-6H,7H2. The second-order valence-electron chi connectivity index (χ2n) is 4.02. The van der Waals surface area contributed by atoms with Crippen LogP contribution in [0.4, 0.5) is 8.78 Å². The monoisotopic (exact) mass is 352 g/mol. The van der Waals surface area contributed by atoms with Crippen molar-refractivity contribution in [3.8, 4) is 5.75 Å². The van der Waals surface area contributed by atoms with Crippen molar-refractivity contribution < 1.29 is 21.9 Å². The fourth-order valence-corrected chi connectivity index (χ4v) is 2.65. The Balaban J connectivity index is 2.22. The van der Waals surface area contributed by atoms with Crippen molar-refractivity contribution in [2.75, 3.05) is 0 Å². The largest absolute Gasteiger partial charge is 0.487 e. The lowest BCUT2D eigenvalue weighted by atomic mass is 10.2. The van der Waals surface area contributed by atoms with E-state index < -0.39 is 20.7 Å². The number of ether oxygens (including phenoxy) is 1. The molecule has 21 heavy (non-hydrogen) atoms. The van der Waals surface area contributed by atoms with Crippen LogP contribution in [0.15, 0.2) is 41.3 Å². The zero-order valence-corrected chi connectivity index (χ0v) is 12.6. The molecule has 0 amide bonds. The normalized spacial score (nSPS) is 11.4. The molecule has 2 aromatic carbocycles. The van der Waals surface area contributed by atoms with E-state index in [1.165, 1.54) is 18.2 Å². The average Bonchev–Trinajstić information content (AvgIpc) is 2.38. The molecule has 2 aromatic rings. The minimum atomic E-state index is -3.91. The summed E-state index contributed by atoms with van der Waals surface area (Å²) in [5, 5.41) is -0.0338. The topological polar surface area (TPSA) is 43.4 Å². The van der Waals surface area contributed by atoms with E-state index in [4.69, 9.17) is 27.0 Å². The first-order chi connectivity index (χ1) is 9.79. The number of rotatable bonds is 4. The molecule has 8 heteroatoms. The smallest absolute Gasteiger partial charge is 0.261 e. The highest BCUT2D eigenvalue weighted by atomic mass is 35.7. The molecule has 2 rings (SSSR count). The van der Waals surface area contributed by atoms with Crippen LogP contribution in [0.1, 0.15) is 5.56 Å². The molecule has 0 spiro atoms. The highest BCUT2D eigenvalue weighted by Gasteiger charge is 2.14. The quantitative estimate of drug-likeness (QED) is 0.777. The van der Waals surface area contributed by atoms with E-state index in [2.05, 4.69) is 0 Å². The summed E-state index contributed by atoms with van der Waals surface area (Å²) >= 11 is 5.85. The zero-order chi connectivity index (χ0) is 15.6. The molecule has 0 fully saturated rings.